The van der Waals surface area contributed by atoms with Crippen molar-refractivity contribution in [2.45, 2.75) is 6.04 Å². The van der Waals surface area contributed by atoms with Gasteiger partial charge in [0.1, 0.15) is 6.04 Å². The molecule has 1 rings (SSSR count). The highest BCUT2D eigenvalue weighted by Gasteiger charge is 2.17. The van der Waals surface area contributed by atoms with E-state index in [9.17, 15) is 4.79 Å². The van der Waals surface area contributed by atoms with Gasteiger partial charge in [-0.3, -0.25) is 14.8 Å². The third-order valence-corrected chi connectivity index (χ3v) is 1.66. The summed E-state index contributed by atoms with van der Waals surface area (Å²) in [6.45, 7) is 0. The van der Waals surface area contributed by atoms with Crippen LogP contribution in [0.4, 0.5) is 0 Å². The smallest absolute Gasteiger partial charge is 0.257 e. The molecule has 4 N–H and O–H groups in total. The van der Waals surface area contributed by atoms with Crippen LogP contribution in [0.5, 0.6) is 0 Å². The largest absolute Gasteiger partial charge is 0.316 e. The van der Waals surface area contributed by atoms with Crippen molar-refractivity contribution in [3.05, 3.63) is 30.1 Å². The Balaban J connectivity index is 2.80. The standard InChI is InChI=1S/C8H12N4O/c1-12(10)8(13)7(9)6-3-2-4-11-5-6/h2-5,7H,9-10H2,1H3. The maximum absolute atomic E-state index is 11.3. The number of pyridine rings is 1. The fourth-order valence-electron chi connectivity index (χ4n) is 0.922. The molecule has 5 nitrogen and oxygen atoms in total. The molecular weight excluding hydrogens is 168 g/mol. The zero-order valence-corrected chi connectivity index (χ0v) is 7.34. The summed E-state index contributed by atoms with van der Waals surface area (Å²) in [4.78, 5) is 15.1. The van der Waals surface area contributed by atoms with E-state index < -0.39 is 6.04 Å². The second-order valence-electron chi connectivity index (χ2n) is 2.71. The van der Waals surface area contributed by atoms with Crippen LogP contribution >= 0.6 is 0 Å². The quantitative estimate of drug-likeness (QED) is 0.362. The van der Waals surface area contributed by atoms with E-state index >= 15 is 0 Å². The summed E-state index contributed by atoms with van der Waals surface area (Å²) in [6, 6.07) is 2.72. The first-order valence-electron chi connectivity index (χ1n) is 3.80. The molecular formula is C8H12N4O. The SMILES string of the molecule is CN(N)C(=O)C(N)c1cccnc1. The highest BCUT2D eigenvalue weighted by Crippen LogP contribution is 2.08. The molecule has 1 atom stereocenters. The zero-order valence-electron chi connectivity index (χ0n) is 7.34. The molecule has 1 aromatic rings. The second-order valence-corrected chi connectivity index (χ2v) is 2.71. The van der Waals surface area contributed by atoms with E-state index in [1.165, 1.54) is 7.05 Å². The van der Waals surface area contributed by atoms with Crippen molar-refractivity contribution in [2.24, 2.45) is 11.6 Å². The predicted octanol–water partition coefficient (Wildman–Crippen LogP) is -0.586. The summed E-state index contributed by atoms with van der Waals surface area (Å²) in [7, 11) is 1.46. The monoisotopic (exact) mass is 180 g/mol. The highest BCUT2D eigenvalue weighted by molar-refractivity contribution is 5.82. The minimum absolute atomic E-state index is 0.340. The van der Waals surface area contributed by atoms with Crippen LogP contribution < -0.4 is 11.6 Å². The minimum Gasteiger partial charge on any atom is -0.316 e. The molecule has 0 aliphatic carbocycles. The van der Waals surface area contributed by atoms with Crippen LogP contribution in [0.3, 0.4) is 0 Å². The molecule has 0 aliphatic heterocycles. The van der Waals surface area contributed by atoms with Crippen LogP contribution in [-0.4, -0.2) is 22.9 Å². The van der Waals surface area contributed by atoms with Gasteiger partial charge in [-0.1, -0.05) is 6.07 Å². The lowest BCUT2D eigenvalue weighted by molar-refractivity contribution is -0.131. The van der Waals surface area contributed by atoms with E-state index in [1.807, 2.05) is 0 Å². The van der Waals surface area contributed by atoms with E-state index in [0.29, 0.717) is 5.56 Å². The van der Waals surface area contributed by atoms with Gasteiger partial charge < -0.3 is 5.73 Å². The van der Waals surface area contributed by atoms with Crippen LogP contribution in [0.15, 0.2) is 24.5 Å². The molecule has 70 valence electrons. The Morgan fingerprint density at radius 2 is 2.38 bits per heavy atom. The van der Waals surface area contributed by atoms with E-state index in [-0.39, 0.29) is 5.91 Å². The van der Waals surface area contributed by atoms with Gasteiger partial charge in [0, 0.05) is 19.4 Å². The third-order valence-electron chi connectivity index (χ3n) is 1.66. The van der Waals surface area contributed by atoms with Gasteiger partial charge >= 0.3 is 0 Å². The summed E-state index contributed by atoms with van der Waals surface area (Å²) in [6.07, 6.45) is 3.17. The van der Waals surface area contributed by atoms with E-state index in [2.05, 4.69) is 4.98 Å². The van der Waals surface area contributed by atoms with Gasteiger partial charge in [-0.05, 0) is 11.6 Å². The number of rotatable bonds is 2. The van der Waals surface area contributed by atoms with Gasteiger partial charge in [0.25, 0.3) is 5.91 Å². The molecule has 1 amide bonds. The van der Waals surface area contributed by atoms with Gasteiger partial charge in [0.15, 0.2) is 0 Å². The number of nitrogens with zero attached hydrogens (tertiary/aromatic N) is 2. The fraction of sp³-hybridized carbons (Fsp3) is 0.250. The normalized spacial score (nSPS) is 12.2. The summed E-state index contributed by atoms with van der Waals surface area (Å²) >= 11 is 0. The Hall–Kier alpha value is -1.46. The molecule has 1 aromatic heterocycles. The number of amides is 1. The Morgan fingerprint density at radius 3 is 2.85 bits per heavy atom. The first kappa shape index (κ1) is 9.63. The first-order chi connectivity index (χ1) is 6.13. The van der Waals surface area contributed by atoms with Crippen molar-refractivity contribution >= 4 is 5.91 Å². The highest BCUT2D eigenvalue weighted by atomic mass is 16.2. The van der Waals surface area contributed by atoms with Crippen LogP contribution in [-0.2, 0) is 4.79 Å². The lowest BCUT2D eigenvalue weighted by Gasteiger charge is -2.15. The third kappa shape index (κ3) is 2.24. The zero-order chi connectivity index (χ0) is 9.84. The van der Waals surface area contributed by atoms with Gasteiger partial charge in [-0.2, -0.15) is 0 Å². The fourth-order valence-corrected chi connectivity index (χ4v) is 0.922. The van der Waals surface area contributed by atoms with Crippen LogP contribution in [0.1, 0.15) is 11.6 Å². The average Bonchev–Trinajstić information content (AvgIpc) is 2.17. The number of aromatic nitrogens is 1. The molecule has 1 heterocycles. The Labute approximate surface area is 76.3 Å². The topological polar surface area (TPSA) is 85.2 Å². The van der Waals surface area contributed by atoms with Crippen molar-refractivity contribution in [1.29, 1.82) is 0 Å². The Morgan fingerprint density at radius 1 is 1.69 bits per heavy atom. The maximum Gasteiger partial charge on any atom is 0.257 e. The first-order valence-corrected chi connectivity index (χ1v) is 3.80. The van der Waals surface area contributed by atoms with E-state index in [0.717, 1.165) is 5.01 Å². The number of nitrogens with two attached hydrogens (primary N) is 2. The van der Waals surface area contributed by atoms with Crippen LogP contribution in [0.2, 0.25) is 0 Å². The number of hydrogen-bond donors (Lipinski definition) is 2. The minimum atomic E-state index is -0.733. The summed E-state index contributed by atoms with van der Waals surface area (Å²) in [5.41, 5.74) is 6.29. The van der Waals surface area contributed by atoms with Crippen molar-refractivity contribution in [3.63, 3.8) is 0 Å². The van der Waals surface area contributed by atoms with Crippen molar-refractivity contribution in [2.75, 3.05) is 7.05 Å². The Bertz CT molecular complexity index is 285. The molecule has 0 aliphatic rings. The molecule has 0 saturated heterocycles. The number of carbonyl (C=O) groups excluding carboxylic acids is 1. The molecule has 0 fully saturated rings. The number of carbonyl (C=O) groups is 1. The summed E-state index contributed by atoms with van der Waals surface area (Å²) in [5, 5.41) is 0.970. The van der Waals surface area contributed by atoms with Gasteiger partial charge in [0.2, 0.25) is 0 Å². The summed E-state index contributed by atoms with van der Waals surface area (Å²) < 4.78 is 0. The second kappa shape index (κ2) is 3.97. The van der Waals surface area contributed by atoms with Crippen LogP contribution in [0, 0.1) is 0 Å². The molecule has 5 heteroatoms. The summed E-state index contributed by atoms with van der Waals surface area (Å²) in [5.74, 6) is 4.92. The lowest BCUT2D eigenvalue weighted by atomic mass is 10.1. The van der Waals surface area contributed by atoms with E-state index in [1.54, 1.807) is 24.5 Å². The average molecular weight is 180 g/mol. The lowest BCUT2D eigenvalue weighted by Crippen LogP contribution is -2.40. The number of hydrazine groups is 1. The number of hydrogen-bond acceptors (Lipinski definition) is 4. The predicted molar refractivity (Wildman–Crippen MR) is 48.1 cm³/mol. The van der Waals surface area contributed by atoms with Crippen molar-refractivity contribution < 1.29 is 4.79 Å². The number of likely N-dealkylation sites (N-methyl/N-ethyl adjacent to an activating group) is 1. The molecule has 0 spiro atoms. The van der Waals surface area contributed by atoms with E-state index in [4.69, 9.17) is 11.6 Å². The van der Waals surface area contributed by atoms with Gasteiger partial charge in [-0.25, -0.2) is 5.84 Å². The van der Waals surface area contributed by atoms with Crippen molar-refractivity contribution in [1.82, 2.24) is 9.99 Å². The molecule has 0 radical (unpaired) electrons. The van der Waals surface area contributed by atoms with Crippen molar-refractivity contribution in [3.8, 4) is 0 Å². The van der Waals surface area contributed by atoms with Gasteiger partial charge in [-0.15, -0.1) is 0 Å². The maximum atomic E-state index is 11.3. The molecule has 0 aromatic carbocycles. The van der Waals surface area contributed by atoms with Crippen LogP contribution in [0.25, 0.3) is 0 Å². The molecule has 13 heavy (non-hydrogen) atoms. The molecule has 0 bridgehead atoms. The molecule has 1 unspecified atom stereocenters. The molecule has 0 saturated carbocycles. The Kier molecular flexibility index (Phi) is 2.94. The van der Waals surface area contributed by atoms with Gasteiger partial charge in [0.05, 0.1) is 0 Å².